The molecule has 0 saturated carbocycles. The van der Waals surface area contributed by atoms with Gasteiger partial charge in [0.1, 0.15) is 0 Å². The Hall–Kier alpha value is -2.52. The topological polar surface area (TPSA) is 34.1 Å². The van der Waals surface area contributed by atoms with Crippen LogP contribution in [0.1, 0.15) is 26.3 Å². The lowest BCUT2D eigenvalue weighted by molar-refractivity contribution is 0.0990. The molecule has 1 aliphatic rings. The van der Waals surface area contributed by atoms with Crippen molar-refractivity contribution in [1.29, 1.82) is 0 Å². The Kier molecular flexibility index (Phi) is 3.24. The Morgan fingerprint density at radius 3 is 1.78 bits per heavy atom. The Balaban J connectivity index is 1.85. The molecule has 0 aliphatic heterocycles. The van der Waals surface area contributed by atoms with Crippen LogP contribution in [-0.2, 0) is 0 Å². The van der Waals surface area contributed by atoms with Crippen LogP contribution < -0.4 is 0 Å². The minimum Gasteiger partial charge on any atom is -0.288 e. The van der Waals surface area contributed by atoms with Crippen molar-refractivity contribution in [1.82, 2.24) is 0 Å². The predicted octanol–water partition coefficient (Wildman–Crippen LogP) is 5.06. The van der Waals surface area contributed by atoms with Gasteiger partial charge < -0.3 is 0 Å². The molecule has 0 atom stereocenters. The number of fused-ring (bicyclic) bond motifs is 2. The Morgan fingerprint density at radius 2 is 1.26 bits per heavy atom. The number of ketones is 2. The normalized spacial score (nSPS) is 13.5. The quantitative estimate of drug-likeness (QED) is 0.447. The molecule has 0 heterocycles. The van der Waals surface area contributed by atoms with Gasteiger partial charge in [-0.2, -0.15) is 0 Å². The molecule has 4 rings (SSSR count). The van der Waals surface area contributed by atoms with Gasteiger partial charge in [-0.15, -0.1) is 0 Å². The molecule has 0 radical (unpaired) electrons. The standard InChI is InChI=1S/C20H11BrO2/c21-15-7-5-12(6-8-15)9-18-19(22)16-10-13-3-1-2-4-14(13)11-17(16)20(18)23/h1-11H. The van der Waals surface area contributed by atoms with Gasteiger partial charge >= 0.3 is 0 Å². The number of carbonyl (C=O) groups excluding carboxylic acids is 2. The van der Waals surface area contributed by atoms with Crippen molar-refractivity contribution in [3.63, 3.8) is 0 Å². The second kappa shape index (κ2) is 5.28. The third-order valence-corrected chi connectivity index (χ3v) is 4.57. The van der Waals surface area contributed by atoms with Gasteiger partial charge in [0.05, 0.1) is 5.57 Å². The monoisotopic (exact) mass is 362 g/mol. The number of benzene rings is 3. The fraction of sp³-hybridized carbons (Fsp3) is 0. The number of carbonyl (C=O) groups is 2. The molecule has 0 bridgehead atoms. The maximum atomic E-state index is 12.6. The minimum absolute atomic E-state index is 0.196. The summed E-state index contributed by atoms with van der Waals surface area (Å²) in [5.41, 5.74) is 2.06. The van der Waals surface area contributed by atoms with Crippen LogP contribution in [0.2, 0.25) is 0 Å². The number of rotatable bonds is 1. The molecular weight excluding hydrogens is 352 g/mol. The van der Waals surface area contributed by atoms with Crippen LogP contribution in [0.3, 0.4) is 0 Å². The molecule has 3 aromatic carbocycles. The molecule has 110 valence electrons. The van der Waals surface area contributed by atoms with Crippen LogP contribution in [-0.4, -0.2) is 11.6 Å². The van der Waals surface area contributed by atoms with Crippen LogP contribution in [0.25, 0.3) is 16.8 Å². The zero-order valence-corrected chi connectivity index (χ0v) is 13.6. The molecule has 0 amide bonds. The Labute approximate surface area is 141 Å². The van der Waals surface area contributed by atoms with E-state index in [0.29, 0.717) is 11.1 Å². The summed E-state index contributed by atoms with van der Waals surface area (Å²) < 4.78 is 0.957. The molecule has 3 aromatic rings. The molecule has 23 heavy (non-hydrogen) atoms. The maximum absolute atomic E-state index is 12.6. The third kappa shape index (κ3) is 2.34. The Bertz CT molecular complexity index is 941. The first-order chi connectivity index (χ1) is 11.1. The summed E-state index contributed by atoms with van der Waals surface area (Å²) in [7, 11) is 0. The number of allylic oxidation sites excluding steroid dienone is 1. The van der Waals surface area contributed by atoms with E-state index < -0.39 is 0 Å². The van der Waals surface area contributed by atoms with E-state index in [2.05, 4.69) is 15.9 Å². The van der Waals surface area contributed by atoms with E-state index in [1.165, 1.54) is 0 Å². The van der Waals surface area contributed by atoms with E-state index in [-0.39, 0.29) is 17.1 Å². The number of hydrogen-bond acceptors (Lipinski definition) is 2. The summed E-state index contributed by atoms with van der Waals surface area (Å²) in [6.45, 7) is 0. The smallest absolute Gasteiger partial charge is 0.197 e. The lowest BCUT2D eigenvalue weighted by Crippen LogP contribution is -2.00. The molecule has 3 heteroatoms. The van der Waals surface area contributed by atoms with Crippen LogP contribution in [0.15, 0.2) is 70.7 Å². The van der Waals surface area contributed by atoms with Gasteiger partial charge in [-0.25, -0.2) is 0 Å². The van der Waals surface area contributed by atoms with Gasteiger partial charge in [-0.05, 0) is 46.7 Å². The average molecular weight is 363 g/mol. The first-order valence-corrected chi connectivity index (χ1v) is 8.02. The SMILES string of the molecule is O=C1C(=Cc2ccc(Br)cc2)C(=O)c2cc3ccccc3cc21. The minimum atomic E-state index is -0.196. The van der Waals surface area contributed by atoms with E-state index in [4.69, 9.17) is 0 Å². The molecule has 0 N–H and O–H groups in total. The summed E-state index contributed by atoms with van der Waals surface area (Å²) >= 11 is 3.38. The van der Waals surface area contributed by atoms with E-state index in [1.54, 1.807) is 6.08 Å². The molecular formula is C20H11BrO2. The van der Waals surface area contributed by atoms with Gasteiger partial charge in [0.25, 0.3) is 0 Å². The van der Waals surface area contributed by atoms with Crippen molar-refractivity contribution in [2.24, 2.45) is 0 Å². The summed E-state index contributed by atoms with van der Waals surface area (Å²) in [5, 5.41) is 1.94. The highest BCUT2D eigenvalue weighted by Gasteiger charge is 2.33. The lowest BCUT2D eigenvalue weighted by Gasteiger charge is -2.00. The van der Waals surface area contributed by atoms with Gasteiger partial charge in [0.15, 0.2) is 11.6 Å². The number of Topliss-reactive ketones (excluding diaryl/α,β-unsaturated/α-hetero) is 2. The molecule has 0 unspecified atom stereocenters. The van der Waals surface area contributed by atoms with Crippen LogP contribution >= 0.6 is 15.9 Å². The first-order valence-electron chi connectivity index (χ1n) is 7.23. The summed E-state index contributed by atoms with van der Waals surface area (Å²) in [6, 6.07) is 18.9. The molecule has 0 aromatic heterocycles. The van der Waals surface area contributed by atoms with Crippen LogP contribution in [0, 0.1) is 0 Å². The van der Waals surface area contributed by atoms with E-state index in [9.17, 15) is 9.59 Å². The average Bonchev–Trinajstić information content (AvgIpc) is 2.80. The molecule has 0 fully saturated rings. The fourth-order valence-corrected chi connectivity index (χ4v) is 3.13. The Morgan fingerprint density at radius 1 is 0.739 bits per heavy atom. The number of halogens is 1. The van der Waals surface area contributed by atoms with E-state index in [1.807, 2.05) is 60.7 Å². The second-order valence-electron chi connectivity index (χ2n) is 5.51. The largest absolute Gasteiger partial charge is 0.288 e. The van der Waals surface area contributed by atoms with Crippen LogP contribution in [0.5, 0.6) is 0 Å². The van der Waals surface area contributed by atoms with Crippen molar-refractivity contribution in [2.45, 2.75) is 0 Å². The van der Waals surface area contributed by atoms with Gasteiger partial charge in [-0.3, -0.25) is 9.59 Å². The predicted molar refractivity (Wildman–Crippen MR) is 94.7 cm³/mol. The first kappa shape index (κ1) is 14.1. The zero-order chi connectivity index (χ0) is 16.0. The zero-order valence-electron chi connectivity index (χ0n) is 12.0. The summed E-state index contributed by atoms with van der Waals surface area (Å²) in [5.74, 6) is -0.391. The van der Waals surface area contributed by atoms with Crippen molar-refractivity contribution in [3.05, 3.63) is 87.4 Å². The highest BCUT2D eigenvalue weighted by Crippen LogP contribution is 2.31. The number of hydrogen-bond donors (Lipinski definition) is 0. The van der Waals surface area contributed by atoms with Crippen molar-refractivity contribution in [2.75, 3.05) is 0 Å². The van der Waals surface area contributed by atoms with Crippen molar-refractivity contribution < 1.29 is 9.59 Å². The second-order valence-corrected chi connectivity index (χ2v) is 6.43. The summed E-state index contributed by atoms with van der Waals surface area (Å²) in [4.78, 5) is 25.2. The van der Waals surface area contributed by atoms with E-state index in [0.717, 1.165) is 20.8 Å². The molecule has 2 nitrogen and oxygen atoms in total. The molecule has 1 aliphatic carbocycles. The molecule has 0 saturated heterocycles. The highest BCUT2D eigenvalue weighted by atomic mass is 79.9. The summed E-state index contributed by atoms with van der Waals surface area (Å²) in [6.07, 6.45) is 1.67. The van der Waals surface area contributed by atoms with Crippen molar-refractivity contribution in [3.8, 4) is 0 Å². The van der Waals surface area contributed by atoms with Gasteiger partial charge in [0, 0.05) is 15.6 Å². The van der Waals surface area contributed by atoms with Crippen molar-refractivity contribution >= 4 is 44.3 Å². The highest BCUT2D eigenvalue weighted by molar-refractivity contribution is 9.10. The fourth-order valence-electron chi connectivity index (χ4n) is 2.87. The molecule has 0 spiro atoms. The lowest BCUT2D eigenvalue weighted by atomic mass is 10.0. The van der Waals surface area contributed by atoms with Gasteiger partial charge in [-0.1, -0.05) is 52.3 Å². The van der Waals surface area contributed by atoms with E-state index >= 15 is 0 Å². The van der Waals surface area contributed by atoms with Crippen LogP contribution in [0.4, 0.5) is 0 Å². The van der Waals surface area contributed by atoms with Gasteiger partial charge in [0.2, 0.25) is 0 Å². The maximum Gasteiger partial charge on any atom is 0.197 e. The third-order valence-electron chi connectivity index (χ3n) is 4.05.